The van der Waals surface area contributed by atoms with Crippen LogP contribution in [-0.2, 0) is 24.3 Å². The van der Waals surface area contributed by atoms with Crippen molar-refractivity contribution in [3.63, 3.8) is 0 Å². The molecule has 0 heterocycles. The van der Waals surface area contributed by atoms with Crippen LogP contribution >= 0.6 is 0 Å². The Balaban J connectivity index is 3.06. The Morgan fingerprint density at radius 2 is 1.70 bits per heavy atom. The van der Waals surface area contributed by atoms with Gasteiger partial charge in [0.25, 0.3) is 10.1 Å². The van der Waals surface area contributed by atoms with Gasteiger partial charge in [-0.05, 0) is 12.1 Å². The molecule has 0 bridgehead atoms. The summed E-state index contributed by atoms with van der Waals surface area (Å²) in [5, 5.41) is 8.51. The van der Waals surface area contributed by atoms with Gasteiger partial charge in [-0.2, -0.15) is 8.42 Å². The lowest BCUT2D eigenvalue weighted by molar-refractivity contribution is 0.0254. The van der Waals surface area contributed by atoms with Crippen LogP contribution in [0.1, 0.15) is 20.7 Å². The minimum absolute atomic E-state index is 0.00972. The van der Waals surface area contributed by atoms with Gasteiger partial charge in [-0.3, -0.25) is 4.55 Å². The van der Waals surface area contributed by atoms with Crippen molar-refractivity contribution in [1.29, 1.82) is 0 Å². The van der Waals surface area contributed by atoms with Crippen LogP contribution in [0.25, 0.3) is 0 Å². The van der Waals surface area contributed by atoms with Crippen LogP contribution in [0.3, 0.4) is 0 Å². The van der Waals surface area contributed by atoms with Crippen LogP contribution < -0.4 is 0 Å². The first-order valence-corrected chi connectivity index (χ1v) is 7.81. The first-order chi connectivity index (χ1) is 10.8. The van der Waals surface area contributed by atoms with Gasteiger partial charge in [-0.15, -0.1) is 0 Å². The number of ether oxygens (including phenoxy) is 3. The van der Waals surface area contributed by atoms with E-state index in [1.54, 1.807) is 0 Å². The number of hydrogen-bond donors (Lipinski definition) is 2. The molecular weight excluding hydrogens is 332 g/mol. The van der Waals surface area contributed by atoms with E-state index in [-0.39, 0.29) is 26.4 Å². The van der Waals surface area contributed by atoms with Crippen LogP contribution in [-0.4, -0.2) is 63.6 Å². The number of hydrogen-bond acceptors (Lipinski definition) is 8. The average molecular weight is 348 g/mol. The van der Waals surface area contributed by atoms with Gasteiger partial charge in [0.05, 0.1) is 38.1 Å². The summed E-state index contributed by atoms with van der Waals surface area (Å²) in [7, 11) is -3.84. The molecule has 128 valence electrons. The minimum Gasteiger partial charge on any atom is -0.465 e. The second kappa shape index (κ2) is 8.58. The monoisotopic (exact) mass is 348 g/mol. The summed E-state index contributed by atoms with van der Waals surface area (Å²) in [5.74, 6) is -2.09. The smallest absolute Gasteiger partial charge is 0.339 e. The molecule has 23 heavy (non-hydrogen) atoms. The zero-order chi connectivity index (χ0) is 17.5. The fraction of sp³-hybridized carbons (Fsp3) is 0.385. The zero-order valence-corrected chi connectivity index (χ0v) is 13.0. The zero-order valence-electron chi connectivity index (χ0n) is 12.2. The van der Waals surface area contributed by atoms with E-state index < -0.39 is 38.1 Å². The van der Waals surface area contributed by atoms with E-state index in [0.29, 0.717) is 0 Å². The second-order valence-electron chi connectivity index (χ2n) is 4.12. The lowest BCUT2D eigenvalue weighted by Crippen LogP contribution is -2.18. The molecule has 0 aliphatic heterocycles. The Kier molecular flexibility index (Phi) is 7.10. The lowest BCUT2D eigenvalue weighted by atomic mass is 10.1. The summed E-state index contributed by atoms with van der Waals surface area (Å²) >= 11 is 0. The van der Waals surface area contributed by atoms with Gasteiger partial charge in [-0.1, -0.05) is 6.07 Å². The van der Waals surface area contributed by atoms with E-state index in [0.717, 1.165) is 19.2 Å². The number of aliphatic hydroxyl groups excluding tert-OH is 1. The summed E-state index contributed by atoms with van der Waals surface area (Å²) in [4.78, 5) is 22.7. The van der Waals surface area contributed by atoms with E-state index in [1.807, 2.05) is 0 Å². The maximum absolute atomic E-state index is 12.0. The molecule has 0 fully saturated rings. The molecule has 0 atom stereocenters. The van der Waals surface area contributed by atoms with Crippen molar-refractivity contribution in [2.45, 2.75) is 4.90 Å². The van der Waals surface area contributed by atoms with Crippen LogP contribution in [0, 0.1) is 0 Å². The molecule has 0 radical (unpaired) electrons. The van der Waals surface area contributed by atoms with Gasteiger partial charge in [0.15, 0.2) is 0 Å². The predicted molar refractivity (Wildman–Crippen MR) is 75.8 cm³/mol. The molecule has 0 aliphatic carbocycles. The average Bonchev–Trinajstić information content (AvgIpc) is 2.52. The molecule has 0 unspecified atom stereocenters. The maximum Gasteiger partial charge on any atom is 0.339 e. The van der Waals surface area contributed by atoms with E-state index in [2.05, 4.69) is 4.74 Å². The summed E-state index contributed by atoms with van der Waals surface area (Å²) in [6, 6.07) is 3.43. The van der Waals surface area contributed by atoms with E-state index in [1.165, 1.54) is 6.07 Å². The van der Waals surface area contributed by atoms with E-state index in [4.69, 9.17) is 14.6 Å². The number of methoxy groups -OCH3 is 1. The highest BCUT2D eigenvalue weighted by Gasteiger charge is 2.28. The van der Waals surface area contributed by atoms with Gasteiger partial charge >= 0.3 is 11.9 Å². The quantitative estimate of drug-likeness (QED) is 0.374. The highest BCUT2D eigenvalue weighted by atomic mass is 32.2. The first kappa shape index (κ1) is 19.0. The van der Waals surface area contributed by atoms with Gasteiger partial charge in [0.1, 0.15) is 11.5 Å². The van der Waals surface area contributed by atoms with Crippen molar-refractivity contribution in [2.24, 2.45) is 0 Å². The SMILES string of the molecule is COC(=O)c1cccc(C(=O)OCCOCCO)c1S(=O)(=O)O. The third-order valence-corrected chi connectivity index (χ3v) is 3.55. The number of carbonyl (C=O) groups is 2. The number of carbonyl (C=O) groups excluding carboxylic acids is 2. The van der Waals surface area contributed by atoms with Crippen molar-refractivity contribution in [1.82, 2.24) is 0 Å². The number of esters is 2. The highest BCUT2D eigenvalue weighted by Crippen LogP contribution is 2.22. The molecule has 0 spiro atoms. The van der Waals surface area contributed by atoms with Crippen LogP contribution in [0.2, 0.25) is 0 Å². The molecule has 0 saturated heterocycles. The maximum atomic E-state index is 12.0. The molecule has 2 N–H and O–H groups in total. The van der Waals surface area contributed by atoms with Crippen LogP contribution in [0.5, 0.6) is 0 Å². The second-order valence-corrected chi connectivity index (χ2v) is 5.48. The first-order valence-electron chi connectivity index (χ1n) is 6.37. The van der Waals surface area contributed by atoms with Crippen molar-refractivity contribution >= 4 is 22.1 Å². The van der Waals surface area contributed by atoms with Crippen LogP contribution in [0.15, 0.2) is 23.1 Å². The van der Waals surface area contributed by atoms with Crippen LogP contribution in [0.4, 0.5) is 0 Å². The Labute approximate surface area is 132 Å². The van der Waals surface area contributed by atoms with Gasteiger partial charge in [0.2, 0.25) is 0 Å². The number of aliphatic hydroxyl groups is 1. The Morgan fingerprint density at radius 1 is 1.09 bits per heavy atom. The Morgan fingerprint density at radius 3 is 2.22 bits per heavy atom. The van der Waals surface area contributed by atoms with Gasteiger partial charge < -0.3 is 19.3 Å². The number of benzene rings is 1. The molecule has 1 rings (SSSR count). The fourth-order valence-electron chi connectivity index (χ4n) is 1.68. The Bertz CT molecular complexity index is 666. The van der Waals surface area contributed by atoms with E-state index >= 15 is 0 Å². The van der Waals surface area contributed by atoms with Crippen molar-refractivity contribution < 1.29 is 41.9 Å². The number of rotatable bonds is 8. The Hall–Kier alpha value is -2.01. The molecule has 10 heteroatoms. The fourth-order valence-corrected chi connectivity index (χ4v) is 2.54. The third kappa shape index (κ3) is 5.28. The molecular formula is C13H16O9S. The summed E-state index contributed by atoms with van der Waals surface area (Å²) in [5.41, 5.74) is -0.987. The summed E-state index contributed by atoms with van der Waals surface area (Å²) in [6.45, 7) is -0.343. The lowest BCUT2D eigenvalue weighted by Gasteiger charge is -2.11. The molecule has 1 aromatic carbocycles. The minimum atomic E-state index is -4.87. The highest BCUT2D eigenvalue weighted by molar-refractivity contribution is 7.86. The predicted octanol–water partition coefficient (Wildman–Crippen LogP) is -0.114. The molecule has 0 amide bonds. The van der Waals surface area contributed by atoms with Crippen molar-refractivity contribution in [3.05, 3.63) is 29.3 Å². The molecule has 0 aromatic heterocycles. The molecule has 0 saturated carbocycles. The van der Waals surface area contributed by atoms with Gasteiger partial charge in [0, 0.05) is 0 Å². The third-order valence-electron chi connectivity index (χ3n) is 2.59. The summed E-state index contributed by atoms with van der Waals surface area (Å²) in [6.07, 6.45) is 0. The molecule has 1 aromatic rings. The molecule has 0 aliphatic rings. The largest absolute Gasteiger partial charge is 0.465 e. The van der Waals surface area contributed by atoms with E-state index in [9.17, 15) is 22.6 Å². The molecule has 9 nitrogen and oxygen atoms in total. The standard InChI is InChI=1S/C13H16O9S/c1-20-12(15)9-3-2-4-10(11(9)23(17,18)19)13(16)22-8-7-21-6-5-14/h2-4,14H,5-8H2,1H3,(H,17,18,19). The van der Waals surface area contributed by atoms with Crippen molar-refractivity contribution in [3.8, 4) is 0 Å². The normalized spacial score (nSPS) is 11.1. The van der Waals surface area contributed by atoms with Crippen molar-refractivity contribution in [2.75, 3.05) is 33.5 Å². The summed E-state index contributed by atoms with van der Waals surface area (Å²) < 4.78 is 46.4. The van der Waals surface area contributed by atoms with Gasteiger partial charge in [-0.25, -0.2) is 9.59 Å². The topological polar surface area (TPSA) is 136 Å².